The van der Waals surface area contributed by atoms with Crippen LogP contribution in [0.3, 0.4) is 0 Å². The zero-order valence-corrected chi connectivity index (χ0v) is 19.1. The molecule has 2 aromatic carbocycles. The molecule has 32 heavy (non-hydrogen) atoms. The van der Waals surface area contributed by atoms with Crippen LogP contribution in [-0.2, 0) is 5.54 Å². The van der Waals surface area contributed by atoms with Crippen molar-refractivity contribution in [1.82, 2.24) is 9.47 Å². The lowest BCUT2D eigenvalue weighted by Gasteiger charge is -2.51. The van der Waals surface area contributed by atoms with Gasteiger partial charge in [0.05, 0.1) is 31.1 Å². The number of benzene rings is 2. The monoisotopic (exact) mass is 431 g/mol. The van der Waals surface area contributed by atoms with Crippen LogP contribution in [0.25, 0.3) is 5.69 Å². The third kappa shape index (κ3) is 3.05. The van der Waals surface area contributed by atoms with Gasteiger partial charge in [-0.3, -0.25) is 4.79 Å². The SMILES string of the molecule is COc1cc(OC)cc(C(=O)N2CCC3(CC2)c2cccn2-c2ccc(C)cc2N3C)c1. The molecular formula is C26H29N3O3. The number of methoxy groups -OCH3 is 2. The maximum absolute atomic E-state index is 13.3. The van der Waals surface area contributed by atoms with E-state index in [2.05, 4.69) is 60.0 Å². The zero-order valence-electron chi connectivity index (χ0n) is 19.1. The van der Waals surface area contributed by atoms with E-state index < -0.39 is 0 Å². The number of ether oxygens (including phenoxy) is 2. The summed E-state index contributed by atoms with van der Waals surface area (Å²) in [6, 6.07) is 16.3. The summed E-state index contributed by atoms with van der Waals surface area (Å²) in [7, 11) is 5.39. The highest BCUT2D eigenvalue weighted by Gasteiger charge is 2.46. The van der Waals surface area contributed by atoms with Crippen molar-refractivity contribution in [3.05, 3.63) is 71.5 Å². The van der Waals surface area contributed by atoms with Crippen molar-refractivity contribution >= 4 is 11.6 Å². The summed E-state index contributed by atoms with van der Waals surface area (Å²) in [4.78, 5) is 17.7. The van der Waals surface area contributed by atoms with E-state index in [-0.39, 0.29) is 11.4 Å². The molecule has 1 fully saturated rings. The number of piperidine rings is 1. The molecule has 3 aromatic rings. The molecule has 2 aliphatic rings. The summed E-state index contributed by atoms with van der Waals surface area (Å²) in [5.74, 6) is 1.26. The molecule has 166 valence electrons. The maximum Gasteiger partial charge on any atom is 0.254 e. The maximum atomic E-state index is 13.3. The van der Waals surface area contributed by atoms with Gasteiger partial charge >= 0.3 is 0 Å². The average molecular weight is 432 g/mol. The molecule has 0 N–H and O–H groups in total. The molecule has 0 radical (unpaired) electrons. The van der Waals surface area contributed by atoms with Crippen molar-refractivity contribution < 1.29 is 14.3 Å². The minimum absolute atomic E-state index is 0.0159. The van der Waals surface area contributed by atoms with Crippen LogP contribution in [0.4, 0.5) is 5.69 Å². The van der Waals surface area contributed by atoms with Gasteiger partial charge in [-0.15, -0.1) is 0 Å². The highest BCUT2D eigenvalue weighted by Crippen LogP contribution is 2.47. The number of amides is 1. The van der Waals surface area contributed by atoms with Gasteiger partial charge in [-0.05, 0) is 61.7 Å². The van der Waals surface area contributed by atoms with Crippen LogP contribution < -0.4 is 14.4 Å². The van der Waals surface area contributed by atoms with E-state index in [1.165, 1.54) is 22.6 Å². The summed E-state index contributed by atoms with van der Waals surface area (Å²) in [6.07, 6.45) is 3.89. The topological polar surface area (TPSA) is 46.9 Å². The van der Waals surface area contributed by atoms with Crippen molar-refractivity contribution in [2.75, 3.05) is 39.3 Å². The fraction of sp³-hybridized carbons (Fsp3) is 0.346. The van der Waals surface area contributed by atoms with Crippen LogP contribution in [0, 0.1) is 6.92 Å². The van der Waals surface area contributed by atoms with Crippen molar-refractivity contribution in [2.24, 2.45) is 0 Å². The van der Waals surface area contributed by atoms with Gasteiger partial charge < -0.3 is 23.8 Å². The van der Waals surface area contributed by atoms with Gasteiger partial charge in [0.25, 0.3) is 5.91 Å². The van der Waals surface area contributed by atoms with Gasteiger partial charge in [0, 0.05) is 43.7 Å². The summed E-state index contributed by atoms with van der Waals surface area (Å²) < 4.78 is 13.0. The van der Waals surface area contributed by atoms with Gasteiger partial charge in [0.1, 0.15) is 11.5 Å². The molecule has 0 saturated carbocycles. The minimum atomic E-state index is -0.132. The quantitative estimate of drug-likeness (QED) is 0.617. The molecule has 1 spiro atoms. The minimum Gasteiger partial charge on any atom is -0.497 e. The second kappa shape index (κ2) is 7.62. The van der Waals surface area contributed by atoms with E-state index in [1.807, 2.05) is 4.90 Å². The van der Waals surface area contributed by atoms with E-state index in [9.17, 15) is 4.79 Å². The lowest BCUT2D eigenvalue weighted by Crippen LogP contribution is -2.55. The van der Waals surface area contributed by atoms with Crippen LogP contribution in [0.1, 0.15) is 34.5 Å². The molecule has 0 bridgehead atoms. The highest BCUT2D eigenvalue weighted by molar-refractivity contribution is 5.95. The van der Waals surface area contributed by atoms with Crippen molar-refractivity contribution in [3.63, 3.8) is 0 Å². The molecule has 6 heteroatoms. The number of hydrogen-bond donors (Lipinski definition) is 0. The third-order valence-electron chi connectivity index (χ3n) is 7.10. The Balaban J connectivity index is 1.44. The molecule has 5 rings (SSSR count). The summed E-state index contributed by atoms with van der Waals surface area (Å²) in [5.41, 5.74) is 5.47. The van der Waals surface area contributed by atoms with Gasteiger partial charge in [-0.25, -0.2) is 0 Å². The number of rotatable bonds is 3. The average Bonchev–Trinajstić information content (AvgIpc) is 3.33. The number of aromatic nitrogens is 1. The number of carbonyl (C=O) groups is 1. The van der Waals surface area contributed by atoms with E-state index in [4.69, 9.17) is 9.47 Å². The number of nitrogens with zero attached hydrogens (tertiary/aromatic N) is 3. The second-order valence-corrected chi connectivity index (χ2v) is 8.74. The first kappa shape index (κ1) is 20.5. The number of anilines is 1. The van der Waals surface area contributed by atoms with Crippen molar-refractivity contribution in [2.45, 2.75) is 25.3 Å². The number of carbonyl (C=O) groups excluding carboxylic acids is 1. The Morgan fingerprint density at radius 1 is 0.938 bits per heavy atom. The van der Waals surface area contributed by atoms with Gasteiger partial charge in [0.2, 0.25) is 0 Å². The lowest BCUT2D eigenvalue weighted by molar-refractivity contribution is 0.0658. The Labute approximate surface area is 189 Å². The largest absolute Gasteiger partial charge is 0.497 e. The van der Waals surface area contributed by atoms with Gasteiger partial charge in [0.15, 0.2) is 0 Å². The summed E-state index contributed by atoms with van der Waals surface area (Å²) >= 11 is 0. The molecular weight excluding hydrogens is 402 g/mol. The molecule has 0 aliphatic carbocycles. The standard InChI is InChI=1S/C26H29N3O3/c1-18-7-8-22-23(14-18)27(2)26(24-6-5-11-29(22)24)9-12-28(13-10-26)25(30)19-15-20(31-3)17-21(16-19)32-4/h5-8,11,14-17H,9-10,12-13H2,1-4H3. The molecule has 0 unspecified atom stereocenters. The Morgan fingerprint density at radius 3 is 2.28 bits per heavy atom. The zero-order chi connectivity index (χ0) is 22.5. The van der Waals surface area contributed by atoms with Crippen LogP contribution in [-0.4, -0.2) is 49.7 Å². The summed E-state index contributed by atoms with van der Waals surface area (Å²) in [5, 5.41) is 0. The van der Waals surface area contributed by atoms with E-state index in [1.54, 1.807) is 32.4 Å². The highest BCUT2D eigenvalue weighted by atomic mass is 16.5. The molecule has 1 amide bonds. The van der Waals surface area contributed by atoms with Crippen molar-refractivity contribution in [3.8, 4) is 17.2 Å². The molecule has 1 saturated heterocycles. The molecule has 1 aromatic heterocycles. The predicted octanol–water partition coefficient (Wildman–Crippen LogP) is 4.38. The normalized spacial score (nSPS) is 16.5. The Bertz CT molecular complexity index is 1150. The molecule has 2 aliphatic heterocycles. The number of hydrogen-bond acceptors (Lipinski definition) is 4. The first-order valence-electron chi connectivity index (χ1n) is 11.0. The van der Waals surface area contributed by atoms with Crippen LogP contribution >= 0.6 is 0 Å². The van der Waals surface area contributed by atoms with Gasteiger partial charge in [-0.1, -0.05) is 6.07 Å². The van der Waals surface area contributed by atoms with Crippen LogP contribution in [0.5, 0.6) is 11.5 Å². The Kier molecular flexibility index (Phi) is 4.88. The number of likely N-dealkylation sites (tertiary alicyclic amines) is 1. The first-order valence-corrected chi connectivity index (χ1v) is 11.0. The fourth-order valence-electron chi connectivity index (χ4n) is 5.26. The number of fused-ring (bicyclic) bond motifs is 4. The molecule has 6 nitrogen and oxygen atoms in total. The van der Waals surface area contributed by atoms with Crippen LogP contribution in [0.2, 0.25) is 0 Å². The lowest BCUT2D eigenvalue weighted by atomic mass is 9.80. The van der Waals surface area contributed by atoms with Crippen molar-refractivity contribution in [1.29, 1.82) is 0 Å². The van der Waals surface area contributed by atoms with E-state index in [0.29, 0.717) is 30.2 Å². The van der Waals surface area contributed by atoms with E-state index in [0.717, 1.165) is 12.8 Å². The van der Waals surface area contributed by atoms with Gasteiger partial charge in [-0.2, -0.15) is 0 Å². The Hall–Kier alpha value is -3.41. The third-order valence-corrected chi connectivity index (χ3v) is 7.10. The van der Waals surface area contributed by atoms with Crippen LogP contribution in [0.15, 0.2) is 54.7 Å². The fourth-order valence-corrected chi connectivity index (χ4v) is 5.26. The molecule has 3 heterocycles. The first-order chi connectivity index (χ1) is 15.5. The Morgan fingerprint density at radius 2 is 1.62 bits per heavy atom. The molecule has 0 atom stereocenters. The smallest absolute Gasteiger partial charge is 0.254 e. The predicted molar refractivity (Wildman–Crippen MR) is 125 cm³/mol. The summed E-state index contributed by atoms with van der Waals surface area (Å²) in [6.45, 7) is 3.51. The van der Waals surface area contributed by atoms with E-state index >= 15 is 0 Å². The second-order valence-electron chi connectivity index (χ2n) is 8.74. The number of aryl methyl sites for hydroxylation is 1.